The van der Waals surface area contributed by atoms with Crippen molar-refractivity contribution in [2.75, 3.05) is 20.8 Å². The highest BCUT2D eigenvalue weighted by atomic mass is 19.1. The molecule has 0 heterocycles. The molecule has 0 saturated carbocycles. The first-order chi connectivity index (χ1) is 8.63. The predicted octanol–water partition coefficient (Wildman–Crippen LogP) is 2.79. The Balaban J connectivity index is 3.03. The highest BCUT2D eigenvalue weighted by Crippen LogP contribution is 2.24. The monoisotopic (exact) mass is 255 g/mol. The lowest BCUT2D eigenvalue weighted by Crippen LogP contribution is -2.35. The molecule has 1 unspecified atom stereocenters. The predicted molar refractivity (Wildman–Crippen MR) is 70.0 cm³/mol. The zero-order chi connectivity index (χ0) is 13.5. The first-order valence-corrected chi connectivity index (χ1v) is 6.19. The summed E-state index contributed by atoms with van der Waals surface area (Å²) in [4.78, 5) is 0. The molecule has 1 aromatic rings. The lowest BCUT2D eigenvalue weighted by Gasteiger charge is -2.27. The van der Waals surface area contributed by atoms with Gasteiger partial charge in [-0.1, -0.05) is 13.0 Å². The maximum absolute atomic E-state index is 13.4. The van der Waals surface area contributed by atoms with Crippen LogP contribution in [0.2, 0.25) is 0 Å². The molecule has 1 aromatic carbocycles. The van der Waals surface area contributed by atoms with E-state index in [0.29, 0.717) is 0 Å². The number of halogens is 1. The van der Waals surface area contributed by atoms with Gasteiger partial charge >= 0.3 is 0 Å². The molecule has 4 heteroatoms. The SMILES string of the molecule is CCCNC(c1cc(F)ccc1C)C(OC)OC. The van der Waals surface area contributed by atoms with Crippen molar-refractivity contribution in [2.24, 2.45) is 0 Å². The Labute approximate surface area is 108 Å². The van der Waals surface area contributed by atoms with Gasteiger partial charge in [0.25, 0.3) is 0 Å². The van der Waals surface area contributed by atoms with E-state index in [9.17, 15) is 4.39 Å². The van der Waals surface area contributed by atoms with E-state index < -0.39 is 6.29 Å². The fourth-order valence-corrected chi connectivity index (χ4v) is 1.97. The van der Waals surface area contributed by atoms with Gasteiger partial charge in [0.15, 0.2) is 6.29 Å². The summed E-state index contributed by atoms with van der Waals surface area (Å²) in [5, 5.41) is 3.34. The fraction of sp³-hybridized carbons (Fsp3) is 0.571. The molecule has 0 fully saturated rings. The minimum Gasteiger partial charge on any atom is -0.354 e. The van der Waals surface area contributed by atoms with Crippen molar-refractivity contribution >= 4 is 0 Å². The van der Waals surface area contributed by atoms with Gasteiger partial charge in [-0.05, 0) is 43.1 Å². The highest BCUT2D eigenvalue weighted by molar-refractivity contribution is 5.30. The average Bonchev–Trinajstić information content (AvgIpc) is 2.38. The maximum atomic E-state index is 13.4. The number of hydrogen-bond donors (Lipinski definition) is 1. The van der Waals surface area contributed by atoms with E-state index in [1.165, 1.54) is 12.1 Å². The molecule has 0 bridgehead atoms. The van der Waals surface area contributed by atoms with Crippen molar-refractivity contribution in [1.29, 1.82) is 0 Å². The Bertz CT molecular complexity index is 367. The van der Waals surface area contributed by atoms with Gasteiger partial charge in [-0.2, -0.15) is 0 Å². The second-order valence-electron chi connectivity index (χ2n) is 4.27. The molecule has 0 radical (unpaired) electrons. The minimum absolute atomic E-state index is 0.171. The van der Waals surface area contributed by atoms with E-state index in [2.05, 4.69) is 12.2 Å². The second-order valence-corrected chi connectivity index (χ2v) is 4.27. The van der Waals surface area contributed by atoms with Crippen LogP contribution in [-0.4, -0.2) is 27.1 Å². The van der Waals surface area contributed by atoms with E-state index in [1.54, 1.807) is 20.3 Å². The molecule has 1 N–H and O–H groups in total. The number of hydrogen-bond acceptors (Lipinski definition) is 3. The number of aryl methyl sites for hydroxylation is 1. The van der Waals surface area contributed by atoms with Crippen LogP contribution in [0.3, 0.4) is 0 Å². The van der Waals surface area contributed by atoms with Crippen LogP contribution in [0.15, 0.2) is 18.2 Å². The maximum Gasteiger partial charge on any atom is 0.176 e. The smallest absolute Gasteiger partial charge is 0.176 e. The van der Waals surface area contributed by atoms with Crippen molar-refractivity contribution in [3.05, 3.63) is 35.1 Å². The van der Waals surface area contributed by atoms with E-state index in [0.717, 1.165) is 24.1 Å². The Kier molecular flexibility index (Phi) is 6.25. The van der Waals surface area contributed by atoms with Gasteiger partial charge in [0, 0.05) is 14.2 Å². The van der Waals surface area contributed by atoms with Crippen LogP contribution < -0.4 is 5.32 Å². The molecule has 0 spiro atoms. The third-order valence-corrected chi connectivity index (χ3v) is 2.93. The largest absolute Gasteiger partial charge is 0.354 e. The fourth-order valence-electron chi connectivity index (χ4n) is 1.97. The Morgan fingerprint density at radius 2 is 1.94 bits per heavy atom. The van der Waals surface area contributed by atoms with Gasteiger partial charge < -0.3 is 14.8 Å². The molecule has 0 saturated heterocycles. The normalized spacial score (nSPS) is 13.0. The first-order valence-electron chi connectivity index (χ1n) is 6.19. The van der Waals surface area contributed by atoms with Crippen LogP contribution in [0.5, 0.6) is 0 Å². The molecule has 1 rings (SSSR count). The summed E-state index contributed by atoms with van der Waals surface area (Å²) in [5.74, 6) is -0.246. The lowest BCUT2D eigenvalue weighted by molar-refractivity contribution is -0.124. The van der Waals surface area contributed by atoms with Crippen LogP contribution in [0.1, 0.15) is 30.5 Å². The van der Waals surface area contributed by atoms with Gasteiger partial charge in [-0.15, -0.1) is 0 Å². The van der Waals surface area contributed by atoms with Gasteiger partial charge in [0.2, 0.25) is 0 Å². The van der Waals surface area contributed by atoms with Gasteiger partial charge in [0.05, 0.1) is 6.04 Å². The van der Waals surface area contributed by atoms with Crippen molar-refractivity contribution in [3.8, 4) is 0 Å². The highest BCUT2D eigenvalue weighted by Gasteiger charge is 2.24. The number of methoxy groups -OCH3 is 2. The van der Waals surface area contributed by atoms with Crippen LogP contribution in [0.4, 0.5) is 4.39 Å². The molecule has 102 valence electrons. The molecule has 0 aliphatic rings. The van der Waals surface area contributed by atoms with Crippen LogP contribution >= 0.6 is 0 Å². The van der Waals surface area contributed by atoms with Crippen LogP contribution in [-0.2, 0) is 9.47 Å². The van der Waals surface area contributed by atoms with E-state index in [-0.39, 0.29) is 11.9 Å². The molecule has 0 aliphatic carbocycles. The van der Waals surface area contributed by atoms with Crippen molar-refractivity contribution in [3.63, 3.8) is 0 Å². The first kappa shape index (κ1) is 15.1. The number of nitrogens with one attached hydrogen (secondary N) is 1. The van der Waals surface area contributed by atoms with Gasteiger partial charge in [-0.3, -0.25) is 0 Å². The summed E-state index contributed by atoms with van der Waals surface area (Å²) in [7, 11) is 3.17. The lowest BCUT2D eigenvalue weighted by atomic mass is 10.0. The van der Waals surface area contributed by atoms with Crippen LogP contribution in [0.25, 0.3) is 0 Å². The zero-order valence-corrected chi connectivity index (χ0v) is 11.5. The number of benzene rings is 1. The molecule has 3 nitrogen and oxygen atoms in total. The third kappa shape index (κ3) is 3.77. The van der Waals surface area contributed by atoms with E-state index in [1.807, 2.05) is 6.92 Å². The average molecular weight is 255 g/mol. The number of rotatable bonds is 7. The zero-order valence-electron chi connectivity index (χ0n) is 11.5. The second kappa shape index (κ2) is 7.46. The standard InChI is InChI=1S/C14H22FNO2/c1-5-8-16-13(14(17-3)18-4)12-9-11(15)7-6-10(12)2/h6-7,9,13-14,16H,5,8H2,1-4H3. The Morgan fingerprint density at radius 1 is 1.28 bits per heavy atom. The molecule has 18 heavy (non-hydrogen) atoms. The van der Waals surface area contributed by atoms with Gasteiger partial charge in [-0.25, -0.2) is 4.39 Å². The Hall–Kier alpha value is -0.970. The quantitative estimate of drug-likeness (QED) is 0.760. The third-order valence-electron chi connectivity index (χ3n) is 2.93. The van der Waals surface area contributed by atoms with E-state index >= 15 is 0 Å². The topological polar surface area (TPSA) is 30.5 Å². The van der Waals surface area contributed by atoms with Crippen molar-refractivity contribution in [1.82, 2.24) is 5.32 Å². The molecular weight excluding hydrogens is 233 g/mol. The van der Waals surface area contributed by atoms with Crippen molar-refractivity contribution < 1.29 is 13.9 Å². The van der Waals surface area contributed by atoms with Gasteiger partial charge in [0.1, 0.15) is 5.82 Å². The number of ether oxygens (including phenoxy) is 2. The minimum atomic E-state index is -0.433. The Morgan fingerprint density at radius 3 is 2.50 bits per heavy atom. The summed E-state index contributed by atoms with van der Waals surface area (Å²) >= 11 is 0. The summed E-state index contributed by atoms with van der Waals surface area (Å²) in [6.45, 7) is 4.86. The van der Waals surface area contributed by atoms with Crippen LogP contribution in [0, 0.1) is 12.7 Å². The summed E-state index contributed by atoms with van der Waals surface area (Å²) < 4.78 is 24.0. The molecule has 0 amide bonds. The molecule has 0 aliphatic heterocycles. The van der Waals surface area contributed by atoms with Crippen molar-refractivity contribution in [2.45, 2.75) is 32.6 Å². The molecule has 0 aromatic heterocycles. The molecule has 1 atom stereocenters. The summed E-state index contributed by atoms with van der Waals surface area (Å²) in [6.07, 6.45) is 0.558. The summed E-state index contributed by atoms with van der Waals surface area (Å²) in [6, 6.07) is 4.60. The molecular formula is C14H22FNO2. The van der Waals surface area contributed by atoms with E-state index in [4.69, 9.17) is 9.47 Å². The summed E-state index contributed by atoms with van der Waals surface area (Å²) in [5.41, 5.74) is 1.89.